The van der Waals surface area contributed by atoms with Gasteiger partial charge in [0.15, 0.2) is 11.6 Å². The van der Waals surface area contributed by atoms with Crippen LogP contribution in [0.1, 0.15) is 17.0 Å². The number of anilines is 1. The minimum Gasteiger partial charge on any atom is -0.466 e. The third kappa shape index (κ3) is 4.20. The van der Waals surface area contributed by atoms with Gasteiger partial charge in [-0.15, -0.1) is 0 Å². The molecule has 0 atom stereocenters. The minimum atomic E-state index is -1.13. The molecule has 1 heterocycles. The Morgan fingerprint density at radius 1 is 0.969 bits per heavy atom. The molecule has 10 heteroatoms. The Morgan fingerprint density at radius 2 is 1.56 bits per heavy atom. The molecule has 8 nitrogen and oxygen atoms in total. The Kier molecular flexibility index (Phi) is 6.33. The van der Waals surface area contributed by atoms with Crippen LogP contribution in [0.25, 0.3) is 0 Å². The summed E-state index contributed by atoms with van der Waals surface area (Å²) >= 11 is 0. The molecule has 0 aromatic heterocycles. The number of carbonyl (C=O) groups excluding carboxylic acids is 2. The zero-order valence-electron chi connectivity index (χ0n) is 17.3. The van der Waals surface area contributed by atoms with Crippen molar-refractivity contribution in [3.05, 3.63) is 92.8 Å². The van der Waals surface area contributed by atoms with E-state index in [1.165, 1.54) is 35.5 Å². The summed E-state index contributed by atoms with van der Waals surface area (Å²) in [5.74, 6) is -4.89. The van der Waals surface area contributed by atoms with E-state index in [9.17, 15) is 28.5 Å². The number of methoxy groups -OCH3 is 2. The number of hydrogen-bond donors (Lipinski definition) is 0. The highest BCUT2D eigenvalue weighted by atomic mass is 19.2. The molecule has 2 aromatic rings. The van der Waals surface area contributed by atoms with Crippen LogP contribution in [0.15, 0.2) is 59.9 Å². The number of benzene rings is 2. The molecule has 0 bridgehead atoms. The molecule has 0 amide bonds. The Bertz CT molecular complexity index is 1140. The van der Waals surface area contributed by atoms with Crippen molar-refractivity contribution >= 4 is 23.3 Å². The summed E-state index contributed by atoms with van der Waals surface area (Å²) in [6.45, 7) is 1.56. The average molecular weight is 444 g/mol. The van der Waals surface area contributed by atoms with Crippen molar-refractivity contribution in [2.75, 3.05) is 19.1 Å². The van der Waals surface area contributed by atoms with Crippen LogP contribution in [-0.4, -0.2) is 31.1 Å². The third-order valence-electron chi connectivity index (χ3n) is 4.99. The highest BCUT2D eigenvalue weighted by Gasteiger charge is 2.36. The van der Waals surface area contributed by atoms with E-state index < -0.39 is 34.4 Å². The van der Waals surface area contributed by atoms with Gasteiger partial charge in [0, 0.05) is 35.8 Å². The van der Waals surface area contributed by atoms with Crippen molar-refractivity contribution in [2.45, 2.75) is 12.8 Å². The Hall–Kier alpha value is -4.08. The second kappa shape index (κ2) is 8.96. The molecule has 0 saturated carbocycles. The Morgan fingerprint density at radius 3 is 2.06 bits per heavy atom. The number of rotatable bonds is 5. The van der Waals surface area contributed by atoms with Crippen LogP contribution in [0, 0.1) is 28.7 Å². The maximum absolute atomic E-state index is 13.8. The van der Waals surface area contributed by atoms with Gasteiger partial charge in [0.25, 0.3) is 5.69 Å². The summed E-state index contributed by atoms with van der Waals surface area (Å²) in [5, 5.41) is 11.4. The molecule has 0 aliphatic carbocycles. The van der Waals surface area contributed by atoms with Gasteiger partial charge in [-0.25, -0.2) is 18.4 Å². The number of nitro groups is 1. The van der Waals surface area contributed by atoms with E-state index in [1.54, 1.807) is 13.0 Å². The molecule has 0 spiro atoms. The molecule has 0 unspecified atom stereocenters. The lowest BCUT2D eigenvalue weighted by Gasteiger charge is -2.30. The van der Waals surface area contributed by atoms with E-state index in [-0.39, 0.29) is 28.1 Å². The van der Waals surface area contributed by atoms with E-state index in [2.05, 4.69) is 0 Å². The smallest absolute Gasteiger partial charge is 0.336 e. The first-order valence-corrected chi connectivity index (χ1v) is 9.26. The number of aryl methyl sites for hydroxylation is 1. The van der Waals surface area contributed by atoms with Crippen molar-refractivity contribution < 1.29 is 32.8 Å². The lowest BCUT2D eigenvalue weighted by atomic mass is 9.82. The summed E-state index contributed by atoms with van der Waals surface area (Å²) in [6, 6.07) is 7.36. The van der Waals surface area contributed by atoms with Crippen LogP contribution in [-0.2, 0) is 19.1 Å². The van der Waals surface area contributed by atoms with E-state index in [0.29, 0.717) is 5.56 Å². The zero-order chi connectivity index (χ0) is 23.6. The highest BCUT2D eigenvalue weighted by molar-refractivity contribution is 6.00. The Labute approximate surface area is 181 Å². The van der Waals surface area contributed by atoms with Crippen LogP contribution in [0.5, 0.6) is 0 Å². The Balaban J connectivity index is 2.23. The average Bonchev–Trinajstić information content (AvgIpc) is 2.79. The molecule has 0 radical (unpaired) electrons. The first-order chi connectivity index (χ1) is 15.2. The van der Waals surface area contributed by atoms with Gasteiger partial charge >= 0.3 is 11.9 Å². The van der Waals surface area contributed by atoms with Gasteiger partial charge in [-0.2, -0.15) is 0 Å². The van der Waals surface area contributed by atoms with Crippen LogP contribution in [0.3, 0.4) is 0 Å². The zero-order valence-corrected chi connectivity index (χ0v) is 17.3. The molecular formula is C22H18F2N2O6. The van der Waals surface area contributed by atoms with Crippen LogP contribution in [0.4, 0.5) is 20.2 Å². The molecule has 0 saturated heterocycles. The molecule has 1 aliphatic rings. The standard InChI is InChI=1S/C22H18F2N2O6/c1-12-4-5-13(8-19(12)26(29)30)20-15(21(27)31-2)10-25(11-16(20)22(28)32-3)14-6-7-17(23)18(24)9-14/h4-11,20H,1-3H3. The fraction of sp³-hybridized carbons (Fsp3) is 0.182. The first kappa shape index (κ1) is 22.6. The van der Waals surface area contributed by atoms with E-state index >= 15 is 0 Å². The van der Waals surface area contributed by atoms with Crippen LogP contribution >= 0.6 is 0 Å². The lowest BCUT2D eigenvalue weighted by Crippen LogP contribution is -2.28. The van der Waals surface area contributed by atoms with Gasteiger partial charge in [0.2, 0.25) is 0 Å². The van der Waals surface area contributed by atoms with Gasteiger partial charge < -0.3 is 14.4 Å². The quantitative estimate of drug-likeness (QED) is 0.392. The van der Waals surface area contributed by atoms with Crippen molar-refractivity contribution in [2.24, 2.45) is 0 Å². The number of ether oxygens (including phenoxy) is 2. The predicted molar refractivity (Wildman–Crippen MR) is 110 cm³/mol. The van der Waals surface area contributed by atoms with Crippen LogP contribution in [0.2, 0.25) is 0 Å². The van der Waals surface area contributed by atoms with Crippen LogP contribution < -0.4 is 4.90 Å². The van der Waals surface area contributed by atoms with E-state index in [1.807, 2.05) is 0 Å². The van der Waals surface area contributed by atoms with E-state index in [4.69, 9.17) is 9.47 Å². The van der Waals surface area contributed by atoms with Crippen molar-refractivity contribution in [3.8, 4) is 0 Å². The molecule has 0 N–H and O–H groups in total. The molecule has 2 aromatic carbocycles. The SMILES string of the molecule is COC(=O)C1=CN(c2ccc(F)c(F)c2)C=C(C(=O)OC)C1c1ccc(C)c([N+](=O)[O-])c1. The normalized spacial score (nSPS) is 13.8. The highest BCUT2D eigenvalue weighted by Crippen LogP contribution is 2.40. The molecule has 1 aliphatic heterocycles. The fourth-order valence-corrected chi connectivity index (χ4v) is 3.39. The third-order valence-corrected chi connectivity index (χ3v) is 4.99. The lowest BCUT2D eigenvalue weighted by molar-refractivity contribution is -0.385. The number of nitro benzene ring substituents is 1. The fourth-order valence-electron chi connectivity index (χ4n) is 3.39. The van der Waals surface area contributed by atoms with Crippen molar-refractivity contribution in [3.63, 3.8) is 0 Å². The summed E-state index contributed by atoms with van der Waals surface area (Å²) in [7, 11) is 2.27. The van der Waals surface area contributed by atoms with Gasteiger partial charge in [-0.1, -0.05) is 12.1 Å². The second-order valence-electron chi connectivity index (χ2n) is 6.89. The van der Waals surface area contributed by atoms with E-state index in [0.717, 1.165) is 26.4 Å². The molecule has 32 heavy (non-hydrogen) atoms. The first-order valence-electron chi connectivity index (χ1n) is 9.26. The van der Waals surface area contributed by atoms with Gasteiger partial charge in [0.1, 0.15) is 0 Å². The molecule has 3 rings (SSSR count). The van der Waals surface area contributed by atoms with Gasteiger partial charge in [0.05, 0.1) is 36.2 Å². The number of nitrogens with zero attached hydrogens (tertiary/aromatic N) is 2. The summed E-state index contributed by atoms with van der Waals surface area (Å²) in [5.41, 5.74) is 0.487. The molecular weight excluding hydrogens is 426 g/mol. The maximum Gasteiger partial charge on any atom is 0.336 e. The predicted octanol–water partition coefficient (Wildman–Crippen LogP) is 3.90. The monoisotopic (exact) mass is 444 g/mol. The number of hydrogen-bond acceptors (Lipinski definition) is 7. The molecule has 0 fully saturated rings. The minimum absolute atomic E-state index is 0.0571. The summed E-state index contributed by atoms with van der Waals surface area (Å²) in [4.78, 5) is 37.3. The summed E-state index contributed by atoms with van der Waals surface area (Å²) in [6.07, 6.45) is 2.59. The summed E-state index contributed by atoms with van der Waals surface area (Å²) < 4.78 is 36.9. The van der Waals surface area contributed by atoms with Gasteiger partial charge in [-0.05, 0) is 24.6 Å². The number of esters is 2. The number of halogens is 2. The molecule has 166 valence electrons. The van der Waals surface area contributed by atoms with Crippen molar-refractivity contribution in [1.29, 1.82) is 0 Å². The van der Waals surface area contributed by atoms with Crippen molar-refractivity contribution in [1.82, 2.24) is 0 Å². The topological polar surface area (TPSA) is 99.0 Å². The number of carbonyl (C=O) groups is 2. The largest absolute Gasteiger partial charge is 0.466 e. The second-order valence-corrected chi connectivity index (χ2v) is 6.89. The maximum atomic E-state index is 13.8. The van der Waals surface area contributed by atoms with Gasteiger partial charge in [-0.3, -0.25) is 10.1 Å².